The average molecular weight is 393 g/mol. The Labute approximate surface area is 162 Å². The van der Waals surface area contributed by atoms with Gasteiger partial charge in [0, 0.05) is 42.2 Å². The number of Topliss-reactive ketones (excluding diaryl/α,β-unsaturated/α-hetero) is 1. The molecule has 0 aliphatic carbocycles. The van der Waals surface area contributed by atoms with Gasteiger partial charge < -0.3 is 14.0 Å². The zero-order valence-electron chi connectivity index (χ0n) is 15.2. The molecule has 7 nitrogen and oxygen atoms in total. The van der Waals surface area contributed by atoms with Crippen LogP contribution in [0.15, 0.2) is 24.3 Å². The SMILES string of the molecule is Cc1cc(C(=O)COc2ccc([N+](=O)[O-])cc2Cl)c(C)n1CC1CCCO1. The summed E-state index contributed by atoms with van der Waals surface area (Å²) in [6, 6.07) is 5.75. The maximum absolute atomic E-state index is 12.6. The highest BCUT2D eigenvalue weighted by atomic mass is 35.5. The molecule has 1 aliphatic heterocycles. The van der Waals surface area contributed by atoms with Crippen LogP contribution in [0.5, 0.6) is 5.75 Å². The first-order valence-electron chi connectivity index (χ1n) is 8.75. The van der Waals surface area contributed by atoms with E-state index < -0.39 is 4.92 Å². The summed E-state index contributed by atoms with van der Waals surface area (Å²) < 4.78 is 13.3. The van der Waals surface area contributed by atoms with Crippen molar-refractivity contribution in [2.24, 2.45) is 0 Å². The lowest BCUT2D eigenvalue weighted by Crippen LogP contribution is -2.18. The first-order chi connectivity index (χ1) is 12.9. The molecule has 1 aromatic carbocycles. The van der Waals surface area contributed by atoms with E-state index in [1.165, 1.54) is 18.2 Å². The van der Waals surface area contributed by atoms with Crippen molar-refractivity contribution < 1.29 is 19.2 Å². The van der Waals surface area contributed by atoms with Crippen LogP contribution >= 0.6 is 11.6 Å². The molecule has 0 amide bonds. The Morgan fingerprint density at radius 1 is 1.41 bits per heavy atom. The average Bonchev–Trinajstić information content (AvgIpc) is 3.24. The monoisotopic (exact) mass is 392 g/mol. The molecule has 0 radical (unpaired) electrons. The van der Waals surface area contributed by atoms with E-state index in [9.17, 15) is 14.9 Å². The van der Waals surface area contributed by atoms with E-state index >= 15 is 0 Å². The van der Waals surface area contributed by atoms with Crippen LogP contribution in [0.1, 0.15) is 34.6 Å². The lowest BCUT2D eigenvalue weighted by molar-refractivity contribution is -0.384. The summed E-state index contributed by atoms with van der Waals surface area (Å²) in [7, 11) is 0. The van der Waals surface area contributed by atoms with Crippen molar-refractivity contribution in [1.29, 1.82) is 0 Å². The molecule has 2 heterocycles. The fraction of sp³-hybridized carbons (Fsp3) is 0.421. The lowest BCUT2D eigenvalue weighted by atomic mass is 10.1. The van der Waals surface area contributed by atoms with Crippen LogP contribution in [0, 0.1) is 24.0 Å². The molecule has 1 fully saturated rings. The Kier molecular flexibility index (Phi) is 5.82. The number of benzene rings is 1. The van der Waals surface area contributed by atoms with Crippen molar-refractivity contribution in [2.45, 2.75) is 39.3 Å². The van der Waals surface area contributed by atoms with E-state index in [1.54, 1.807) is 0 Å². The van der Waals surface area contributed by atoms with E-state index in [0.717, 1.165) is 37.4 Å². The Balaban J connectivity index is 1.68. The zero-order chi connectivity index (χ0) is 19.6. The Morgan fingerprint density at radius 2 is 2.19 bits per heavy atom. The molecule has 0 spiro atoms. The minimum absolute atomic E-state index is 0.0980. The van der Waals surface area contributed by atoms with Gasteiger partial charge in [-0.1, -0.05) is 11.6 Å². The third-order valence-electron chi connectivity index (χ3n) is 4.77. The number of hydrogen-bond donors (Lipinski definition) is 0. The number of aryl methyl sites for hydroxylation is 1. The lowest BCUT2D eigenvalue weighted by Gasteiger charge is -2.15. The predicted octanol–water partition coefficient (Wildman–Crippen LogP) is 4.11. The van der Waals surface area contributed by atoms with E-state index in [2.05, 4.69) is 4.57 Å². The van der Waals surface area contributed by atoms with E-state index in [1.807, 2.05) is 19.9 Å². The van der Waals surface area contributed by atoms with Crippen LogP contribution in [0.25, 0.3) is 0 Å². The topological polar surface area (TPSA) is 83.6 Å². The summed E-state index contributed by atoms with van der Waals surface area (Å²) in [6.45, 7) is 5.21. The van der Waals surface area contributed by atoms with Gasteiger partial charge in [-0.25, -0.2) is 0 Å². The van der Waals surface area contributed by atoms with Gasteiger partial charge >= 0.3 is 0 Å². The minimum atomic E-state index is -0.538. The van der Waals surface area contributed by atoms with Crippen molar-refractivity contribution in [2.75, 3.05) is 13.2 Å². The number of ether oxygens (including phenoxy) is 2. The summed E-state index contributed by atoms with van der Waals surface area (Å²) >= 11 is 6.00. The second kappa shape index (κ2) is 8.10. The molecular formula is C19H21ClN2O5. The molecule has 1 atom stereocenters. The number of nitro groups is 1. The van der Waals surface area contributed by atoms with Crippen LogP contribution in [0.3, 0.4) is 0 Å². The van der Waals surface area contributed by atoms with Crippen molar-refractivity contribution in [3.05, 3.63) is 56.4 Å². The molecule has 1 aromatic heterocycles. The molecule has 1 aliphatic rings. The Bertz CT molecular complexity index is 871. The Hall–Kier alpha value is -2.38. The van der Waals surface area contributed by atoms with Gasteiger partial charge in [0.1, 0.15) is 5.75 Å². The third kappa shape index (κ3) is 4.31. The van der Waals surface area contributed by atoms with Crippen molar-refractivity contribution in [3.63, 3.8) is 0 Å². The highest BCUT2D eigenvalue weighted by Crippen LogP contribution is 2.29. The highest BCUT2D eigenvalue weighted by Gasteiger charge is 2.21. The highest BCUT2D eigenvalue weighted by molar-refractivity contribution is 6.32. The molecule has 0 bridgehead atoms. The fourth-order valence-corrected chi connectivity index (χ4v) is 3.53. The van der Waals surface area contributed by atoms with Crippen molar-refractivity contribution in [3.8, 4) is 5.75 Å². The predicted molar refractivity (Wildman–Crippen MR) is 101 cm³/mol. The molecule has 1 unspecified atom stereocenters. The largest absolute Gasteiger partial charge is 0.484 e. The number of ketones is 1. The number of carbonyl (C=O) groups excluding carboxylic acids is 1. The first-order valence-corrected chi connectivity index (χ1v) is 9.13. The number of carbonyl (C=O) groups is 1. The zero-order valence-corrected chi connectivity index (χ0v) is 16.0. The third-order valence-corrected chi connectivity index (χ3v) is 5.06. The number of halogens is 1. The van der Waals surface area contributed by atoms with Gasteiger partial charge in [-0.05, 0) is 38.8 Å². The first kappa shape index (κ1) is 19.4. The molecule has 3 rings (SSSR count). The van der Waals surface area contributed by atoms with E-state index in [4.69, 9.17) is 21.1 Å². The van der Waals surface area contributed by atoms with Gasteiger partial charge in [0.05, 0.1) is 16.0 Å². The molecule has 1 saturated heterocycles. The number of nitro benzene ring substituents is 1. The second-order valence-corrected chi connectivity index (χ2v) is 7.02. The summed E-state index contributed by atoms with van der Waals surface area (Å²) in [5.74, 6) is 0.0693. The van der Waals surface area contributed by atoms with Crippen molar-refractivity contribution in [1.82, 2.24) is 4.57 Å². The van der Waals surface area contributed by atoms with Crippen LogP contribution in [0.2, 0.25) is 5.02 Å². The van der Waals surface area contributed by atoms with Gasteiger partial charge in [0.15, 0.2) is 6.61 Å². The van der Waals surface area contributed by atoms with Gasteiger partial charge in [-0.15, -0.1) is 0 Å². The smallest absolute Gasteiger partial charge is 0.271 e. The fourth-order valence-electron chi connectivity index (χ4n) is 3.30. The summed E-state index contributed by atoms with van der Waals surface area (Å²) in [4.78, 5) is 22.8. The minimum Gasteiger partial charge on any atom is -0.484 e. The molecule has 27 heavy (non-hydrogen) atoms. The summed E-state index contributed by atoms with van der Waals surface area (Å²) in [6.07, 6.45) is 2.29. The number of non-ortho nitro benzene ring substituents is 1. The number of hydrogen-bond acceptors (Lipinski definition) is 5. The van der Waals surface area contributed by atoms with Crippen molar-refractivity contribution >= 4 is 23.1 Å². The maximum Gasteiger partial charge on any atom is 0.271 e. The molecule has 8 heteroatoms. The van der Waals surface area contributed by atoms with Gasteiger partial charge in [0.2, 0.25) is 5.78 Å². The quantitative estimate of drug-likeness (QED) is 0.402. The molecular weight excluding hydrogens is 372 g/mol. The van der Waals surface area contributed by atoms with Crippen LogP contribution in [-0.4, -0.2) is 34.6 Å². The van der Waals surface area contributed by atoms with Gasteiger partial charge in [-0.2, -0.15) is 0 Å². The maximum atomic E-state index is 12.6. The summed E-state index contributed by atoms with van der Waals surface area (Å²) in [5.41, 5.74) is 2.35. The number of rotatable bonds is 7. The normalized spacial score (nSPS) is 16.5. The molecule has 0 saturated carbocycles. The van der Waals surface area contributed by atoms with Crippen LogP contribution in [0.4, 0.5) is 5.69 Å². The van der Waals surface area contributed by atoms with Gasteiger partial charge in [0.25, 0.3) is 5.69 Å². The van der Waals surface area contributed by atoms with E-state index in [-0.39, 0.29) is 35.0 Å². The van der Waals surface area contributed by atoms with Crippen LogP contribution < -0.4 is 4.74 Å². The summed E-state index contributed by atoms with van der Waals surface area (Å²) in [5, 5.41) is 10.8. The standard InChI is InChI=1S/C19H21ClN2O5/c1-12-8-16(13(2)21(12)10-15-4-3-7-26-15)18(23)11-27-19-6-5-14(22(24)25)9-17(19)20/h5-6,8-9,15H,3-4,7,10-11H2,1-2H3. The number of aromatic nitrogens is 1. The van der Waals surface area contributed by atoms with Gasteiger partial charge in [-0.3, -0.25) is 14.9 Å². The number of nitrogens with zero attached hydrogens (tertiary/aromatic N) is 2. The second-order valence-electron chi connectivity index (χ2n) is 6.61. The molecule has 144 valence electrons. The van der Waals surface area contributed by atoms with E-state index in [0.29, 0.717) is 5.56 Å². The molecule has 2 aromatic rings. The molecule has 0 N–H and O–H groups in total. The van der Waals surface area contributed by atoms with Crippen LogP contribution in [-0.2, 0) is 11.3 Å². The Morgan fingerprint density at radius 3 is 2.81 bits per heavy atom.